The SMILES string of the molecule is CC(C)(C)[Si](C)(C)OC[C@H]1O[C@@H](n2ccc(=O)[nH]c2=O)C[C@@H]1N. The summed E-state index contributed by atoms with van der Waals surface area (Å²) in [5.74, 6) is 0. The Labute approximate surface area is 136 Å². The highest BCUT2D eigenvalue weighted by atomic mass is 28.4. The highest BCUT2D eigenvalue weighted by Crippen LogP contribution is 2.37. The zero-order valence-corrected chi connectivity index (χ0v) is 15.5. The van der Waals surface area contributed by atoms with Crippen LogP contribution in [0.1, 0.15) is 33.4 Å². The van der Waals surface area contributed by atoms with Gasteiger partial charge in [-0.3, -0.25) is 14.3 Å². The number of nitrogens with two attached hydrogens (primary N) is 1. The van der Waals surface area contributed by atoms with Crippen molar-refractivity contribution in [2.75, 3.05) is 6.61 Å². The molecule has 0 aromatic carbocycles. The molecule has 1 fully saturated rings. The number of H-pyrrole nitrogens is 1. The van der Waals surface area contributed by atoms with E-state index in [1.165, 1.54) is 16.8 Å². The molecule has 0 aliphatic carbocycles. The minimum absolute atomic E-state index is 0.116. The van der Waals surface area contributed by atoms with Crippen molar-refractivity contribution < 1.29 is 9.16 Å². The first-order chi connectivity index (χ1) is 10.5. The third kappa shape index (κ3) is 4.00. The van der Waals surface area contributed by atoms with Crippen LogP contribution in [-0.2, 0) is 9.16 Å². The van der Waals surface area contributed by atoms with Crippen LogP contribution in [0.4, 0.5) is 0 Å². The van der Waals surface area contributed by atoms with Gasteiger partial charge in [0.25, 0.3) is 5.56 Å². The molecule has 0 spiro atoms. The highest BCUT2D eigenvalue weighted by molar-refractivity contribution is 6.74. The van der Waals surface area contributed by atoms with E-state index in [4.69, 9.17) is 14.9 Å². The van der Waals surface area contributed by atoms with Gasteiger partial charge in [0.15, 0.2) is 8.32 Å². The molecule has 8 heteroatoms. The van der Waals surface area contributed by atoms with Gasteiger partial charge in [0.2, 0.25) is 0 Å². The molecule has 1 aromatic rings. The van der Waals surface area contributed by atoms with E-state index < -0.39 is 25.8 Å². The number of rotatable bonds is 4. The summed E-state index contributed by atoms with van der Waals surface area (Å²) in [6.07, 6.45) is 1.22. The average Bonchev–Trinajstić information content (AvgIpc) is 2.76. The normalized spacial score (nSPS) is 25.7. The minimum atomic E-state index is -1.87. The van der Waals surface area contributed by atoms with Crippen molar-refractivity contribution in [1.82, 2.24) is 9.55 Å². The van der Waals surface area contributed by atoms with Crippen molar-refractivity contribution in [1.29, 1.82) is 0 Å². The maximum Gasteiger partial charge on any atom is 0.330 e. The fourth-order valence-corrected chi connectivity index (χ4v) is 3.26. The number of nitrogens with zero attached hydrogens (tertiary/aromatic N) is 1. The van der Waals surface area contributed by atoms with Gasteiger partial charge in [0, 0.05) is 24.7 Å². The maximum atomic E-state index is 11.9. The van der Waals surface area contributed by atoms with E-state index >= 15 is 0 Å². The molecule has 0 radical (unpaired) electrons. The molecule has 1 saturated heterocycles. The predicted molar refractivity (Wildman–Crippen MR) is 91.0 cm³/mol. The largest absolute Gasteiger partial charge is 0.414 e. The summed E-state index contributed by atoms with van der Waals surface area (Å²) >= 11 is 0. The number of aromatic amines is 1. The van der Waals surface area contributed by atoms with E-state index in [9.17, 15) is 9.59 Å². The quantitative estimate of drug-likeness (QED) is 0.801. The van der Waals surface area contributed by atoms with Crippen LogP contribution in [-0.4, -0.2) is 36.6 Å². The molecule has 0 amide bonds. The maximum absolute atomic E-state index is 11.9. The van der Waals surface area contributed by atoms with Gasteiger partial charge in [-0.05, 0) is 18.1 Å². The molecular weight excluding hydrogens is 314 g/mol. The second kappa shape index (κ2) is 6.35. The van der Waals surface area contributed by atoms with Gasteiger partial charge >= 0.3 is 5.69 Å². The molecule has 1 aromatic heterocycles. The van der Waals surface area contributed by atoms with Gasteiger partial charge in [-0.2, -0.15) is 0 Å². The predicted octanol–water partition coefficient (Wildman–Crippen LogP) is 1.17. The molecule has 23 heavy (non-hydrogen) atoms. The lowest BCUT2D eigenvalue weighted by atomic mass is 10.1. The minimum Gasteiger partial charge on any atom is -0.414 e. The zero-order valence-electron chi connectivity index (χ0n) is 14.5. The monoisotopic (exact) mass is 341 g/mol. The van der Waals surface area contributed by atoms with Gasteiger partial charge in [0.1, 0.15) is 6.23 Å². The van der Waals surface area contributed by atoms with Crippen LogP contribution in [0.15, 0.2) is 21.9 Å². The second-order valence-electron chi connectivity index (χ2n) is 7.62. The number of hydrogen-bond acceptors (Lipinski definition) is 5. The van der Waals surface area contributed by atoms with Crippen molar-refractivity contribution in [3.8, 4) is 0 Å². The van der Waals surface area contributed by atoms with Gasteiger partial charge in [-0.15, -0.1) is 0 Å². The summed E-state index contributed by atoms with van der Waals surface area (Å²) in [5, 5.41) is 0.116. The lowest BCUT2D eigenvalue weighted by molar-refractivity contribution is -0.0246. The van der Waals surface area contributed by atoms with Crippen molar-refractivity contribution in [2.24, 2.45) is 5.73 Å². The molecular formula is C15H27N3O4Si. The Bertz CT molecular complexity index is 662. The summed E-state index contributed by atoms with van der Waals surface area (Å²) in [6.45, 7) is 11.3. The number of aromatic nitrogens is 2. The molecule has 2 heterocycles. The van der Waals surface area contributed by atoms with Crippen LogP contribution in [0.3, 0.4) is 0 Å². The first-order valence-electron chi connectivity index (χ1n) is 7.88. The second-order valence-corrected chi connectivity index (χ2v) is 12.4. The van der Waals surface area contributed by atoms with Crippen LogP contribution in [0.5, 0.6) is 0 Å². The fourth-order valence-electron chi connectivity index (χ4n) is 2.25. The molecule has 3 N–H and O–H groups in total. The average molecular weight is 341 g/mol. The van der Waals surface area contributed by atoms with Gasteiger partial charge in [0.05, 0.1) is 12.7 Å². The van der Waals surface area contributed by atoms with Gasteiger partial charge in [-0.1, -0.05) is 20.8 Å². The first kappa shape index (κ1) is 18.1. The molecule has 2 rings (SSSR count). The van der Waals surface area contributed by atoms with Crippen LogP contribution >= 0.6 is 0 Å². The lowest BCUT2D eigenvalue weighted by Crippen LogP contribution is -2.45. The Hall–Kier alpha value is -1.22. The Kier molecular flexibility index (Phi) is 5.00. The van der Waals surface area contributed by atoms with Crippen molar-refractivity contribution in [3.63, 3.8) is 0 Å². The van der Waals surface area contributed by atoms with E-state index in [2.05, 4.69) is 38.8 Å². The standard InChI is InChI=1S/C15H27N3O4Si/c1-15(2,3)23(4,5)21-9-11-10(16)8-13(22-11)18-7-6-12(19)17-14(18)20/h6-7,10-11,13H,8-9,16H2,1-5H3,(H,17,19,20)/t10-,11+,13+/m0/s1. The zero-order chi connectivity index (χ0) is 17.4. The Morgan fingerprint density at radius 3 is 2.65 bits per heavy atom. The Morgan fingerprint density at radius 2 is 2.09 bits per heavy atom. The number of nitrogens with one attached hydrogen (secondary N) is 1. The van der Waals surface area contributed by atoms with Crippen LogP contribution in [0.25, 0.3) is 0 Å². The molecule has 0 unspecified atom stereocenters. The Balaban J connectivity index is 2.04. The van der Waals surface area contributed by atoms with Gasteiger partial charge in [-0.25, -0.2) is 4.79 Å². The molecule has 0 saturated carbocycles. The van der Waals surface area contributed by atoms with E-state index in [1.807, 2.05) is 0 Å². The van der Waals surface area contributed by atoms with Crippen LogP contribution < -0.4 is 17.0 Å². The Morgan fingerprint density at radius 1 is 1.43 bits per heavy atom. The van der Waals surface area contributed by atoms with Gasteiger partial charge < -0.3 is 14.9 Å². The van der Waals surface area contributed by atoms with E-state index in [-0.39, 0.29) is 17.2 Å². The van der Waals surface area contributed by atoms with E-state index in [1.54, 1.807) is 0 Å². The molecule has 3 atom stereocenters. The summed E-state index contributed by atoms with van der Waals surface area (Å²) in [5.41, 5.74) is 5.24. The number of hydrogen-bond donors (Lipinski definition) is 2. The van der Waals surface area contributed by atoms with Crippen LogP contribution in [0.2, 0.25) is 18.1 Å². The fraction of sp³-hybridized carbons (Fsp3) is 0.733. The van der Waals surface area contributed by atoms with Crippen molar-refractivity contribution in [3.05, 3.63) is 33.1 Å². The first-order valence-corrected chi connectivity index (χ1v) is 10.8. The summed E-state index contributed by atoms with van der Waals surface area (Å²) in [7, 11) is -1.87. The van der Waals surface area contributed by atoms with Crippen molar-refractivity contribution in [2.45, 2.75) is 63.7 Å². The third-order valence-corrected chi connectivity index (χ3v) is 9.36. The van der Waals surface area contributed by atoms with E-state index in [0.717, 1.165) is 0 Å². The number of ether oxygens (including phenoxy) is 1. The summed E-state index contributed by atoms with van der Waals surface area (Å²) in [6, 6.07) is 1.10. The third-order valence-electron chi connectivity index (χ3n) is 4.86. The highest BCUT2D eigenvalue weighted by Gasteiger charge is 2.40. The van der Waals surface area contributed by atoms with Crippen LogP contribution in [0, 0.1) is 0 Å². The molecule has 130 valence electrons. The molecule has 7 nitrogen and oxygen atoms in total. The summed E-state index contributed by atoms with van der Waals surface area (Å²) < 4.78 is 13.4. The molecule has 1 aliphatic heterocycles. The molecule has 0 bridgehead atoms. The topological polar surface area (TPSA) is 99.3 Å². The smallest absolute Gasteiger partial charge is 0.330 e. The van der Waals surface area contributed by atoms with E-state index in [0.29, 0.717) is 13.0 Å². The molecule has 1 aliphatic rings. The summed E-state index contributed by atoms with van der Waals surface area (Å²) in [4.78, 5) is 25.2. The van der Waals surface area contributed by atoms with Crippen molar-refractivity contribution >= 4 is 8.32 Å². The lowest BCUT2D eigenvalue weighted by Gasteiger charge is -2.37.